The van der Waals surface area contributed by atoms with E-state index in [1.54, 1.807) is 17.4 Å². The van der Waals surface area contributed by atoms with Crippen molar-refractivity contribution in [2.24, 2.45) is 0 Å². The molecule has 0 aromatic heterocycles. The largest absolute Gasteiger partial charge is 0.479 e. The zero-order valence-corrected chi connectivity index (χ0v) is 3.92. The van der Waals surface area contributed by atoms with Crippen LogP contribution in [0.3, 0.4) is 0 Å². The van der Waals surface area contributed by atoms with E-state index in [9.17, 15) is 0 Å². The van der Waals surface area contributed by atoms with Crippen LogP contribution in [0.4, 0.5) is 0 Å². The Bertz CT molecular complexity index is 81.8. The van der Waals surface area contributed by atoms with Crippen molar-refractivity contribution >= 4 is 0 Å². The van der Waals surface area contributed by atoms with Crippen LogP contribution in [0, 0.1) is 0 Å². The van der Waals surface area contributed by atoms with E-state index in [0.29, 0.717) is 6.73 Å². The average molecular weight is 99.1 g/mol. The molecule has 1 aliphatic heterocycles. The monoisotopic (exact) mass is 99.1 g/mol. The maximum Gasteiger partial charge on any atom is 0.161 e. The number of hydrogen-bond acceptors (Lipinski definition) is 2. The summed E-state index contributed by atoms with van der Waals surface area (Å²) >= 11 is 0. The lowest BCUT2D eigenvalue weighted by atomic mass is 10.8. The Morgan fingerprint density at radius 2 is 2.71 bits per heavy atom. The Hall–Kier alpha value is -0.700. The van der Waals surface area contributed by atoms with Crippen LogP contribution in [0.25, 0.3) is 0 Å². The summed E-state index contributed by atoms with van der Waals surface area (Å²) in [6.45, 7) is 0.833. The molecule has 1 radical (unpaired) electrons. The van der Waals surface area contributed by atoms with Gasteiger partial charge in [-0.1, -0.05) is 0 Å². The van der Waals surface area contributed by atoms with Crippen molar-refractivity contribution in [2.45, 2.75) is 0 Å². The van der Waals surface area contributed by atoms with Crippen LogP contribution in [-0.4, -0.2) is 18.3 Å². The van der Waals surface area contributed by atoms with Crippen molar-refractivity contribution in [3.63, 3.8) is 0 Å². The summed E-state index contributed by atoms with van der Waals surface area (Å²) in [5, 5.41) is 0. The van der Waals surface area contributed by atoms with Gasteiger partial charge in [0.15, 0.2) is 6.73 Å². The van der Waals surface area contributed by atoms with Crippen molar-refractivity contribution in [1.82, 2.24) is 10.6 Å². The highest BCUT2D eigenvalue weighted by Crippen LogP contribution is 1.96. The molecule has 0 aliphatic carbocycles. The van der Waals surface area contributed by atoms with Gasteiger partial charge in [-0.15, -0.1) is 0 Å². The predicted molar refractivity (Wildman–Crippen MR) is 24.9 cm³/mol. The van der Waals surface area contributed by atoms with E-state index in [1.165, 1.54) is 0 Å². The number of nitrogens with zero attached hydrogens (tertiary/aromatic N) is 1. The third-order valence-electron chi connectivity index (χ3n) is 0.811. The molecule has 0 aromatic carbocycles. The second-order valence-corrected chi connectivity index (χ2v) is 1.33. The Morgan fingerprint density at radius 3 is 3.00 bits per heavy atom. The summed E-state index contributed by atoms with van der Waals surface area (Å²) in [5.41, 5.74) is 6.79. The fourth-order valence-corrected chi connectivity index (χ4v) is 0.409. The quantitative estimate of drug-likeness (QED) is 0.463. The zero-order valence-electron chi connectivity index (χ0n) is 3.92. The Labute approximate surface area is 42.4 Å². The van der Waals surface area contributed by atoms with Gasteiger partial charge < -0.3 is 9.64 Å². The standard InChI is InChI=1S/C4H7N2O/c5-3-6-1-2-7-4-6/h1-2,5H,3-4H2. The number of ether oxygens (including phenoxy) is 1. The first-order valence-electron chi connectivity index (χ1n) is 2.10. The molecule has 7 heavy (non-hydrogen) atoms. The third-order valence-corrected chi connectivity index (χ3v) is 0.811. The lowest BCUT2D eigenvalue weighted by Crippen LogP contribution is -2.16. The molecule has 0 fully saturated rings. The minimum absolute atomic E-state index is 0.288. The van der Waals surface area contributed by atoms with Crippen LogP contribution in [0.1, 0.15) is 0 Å². The smallest absolute Gasteiger partial charge is 0.161 e. The van der Waals surface area contributed by atoms with Gasteiger partial charge in [0.2, 0.25) is 0 Å². The van der Waals surface area contributed by atoms with Crippen LogP contribution in [0.2, 0.25) is 0 Å². The highest BCUT2D eigenvalue weighted by molar-refractivity contribution is 4.77. The van der Waals surface area contributed by atoms with Crippen molar-refractivity contribution in [2.75, 3.05) is 13.4 Å². The van der Waals surface area contributed by atoms with Crippen LogP contribution in [0.15, 0.2) is 12.5 Å². The fraction of sp³-hybridized carbons (Fsp3) is 0.500. The lowest BCUT2D eigenvalue weighted by Gasteiger charge is -2.06. The summed E-state index contributed by atoms with van der Waals surface area (Å²) in [6, 6.07) is 0. The molecule has 3 heteroatoms. The average Bonchev–Trinajstić information content (AvgIpc) is 2.14. The Morgan fingerprint density at radius 1 is 1.86 bits per heavy atom. The first-order chi connectivity index (χ1) is 3.43. The summed E-state index contributed by atoms with van der Waals surface area (Å²) < 4.78 is 4.77. The maximum atomic E-state index is 6.79. The minimum atomic E-state index is 0.288. The topological polar surface area (TPSA) is 36.3 Å². The predicted octanol–water partition coefficient (Wildman–Crippen LogP) is -0.0123. The van der Waals surface area contributed by atoms with Crippen LogP contribution < -0.4 is 5.73 Å². The summed E-state index contributed by atoms with van der Waals surface area (Å²) in [5.74, 6) is 0. The number of nitrogens with one attached hydrogen (secondary N) is 1. The molecule has 0 amide bonds. The maximum absolute atomic E-state index is 6.79. The molecule has 39 valence electrons. The van der Waals surface area contributed by atoms with Gasteiger partial charge in [0.25, 0.3) is 0 Å². The Balaban J connectivity index is 2.28. The SMILES string of the molecule is [NH]CN1C=COC1. The zero-order chi connectivity index (χ0) is 5.11. The Kier molecular flexibility index (Phi) is 1.17. The molecule has 3 nitrogen and oxygen atoms in total. The van der Waals surface area contributed by atoms with Gasteiger partial charge in [-0.3, -0.25) is 0 Å². The van der Waals surface area contributed by atoms with Crippen molar-refractivity contribution in [3.8, 4) is 0 Å². The molecule has 0 bridgehead atoms. The summed E-state index contributed by atoms with van der Waals surface area (Å²) in [7, 11) is 0. The molecular formula is C4H7N2O. The molecule has 0 saturated heterocycles. The van der Waals surface area contributed by atoms with Gasteiger partial charge >= 0.3 is 0 Å². The first kappa shape index (κ1) is 4.46. The van der Waals surface area contributed by atoms with E-state index in [1.807, 2.05) is 0 Å². The number of rotatable bonds is 1. The van der Waals surface area contributed by atoms with E-state index in [4.69, 9.17) is 10.5 Å². The highest BCUT2D eigenvalue weighted by Gasteiger charge is 1.98. The summed E-state index contributed by atoms with van der Waals surface area (Å²) in [4.78, 5) is 1.75. The fourth-order valence-electron chi connectivity index (χ4n) is 0.409. The van der Waals surface area contributed by atoms with Gasteiger partial charge in [0.1, 0.15) is 6.26 Å². The molecule has 1 heterocycles. The van der Waals surface area contributed by atoms with Gasteiger partial charge in [-0.2, -0.15) is 0 Å². The van der Waals surface area contributed by atoms with Crippen molar-refractivity contribution in [1.29, 1.82) is 0 Å². The summed E-state index contributed by atoms with van der Waals surface area (Å²) in [6.07, 6.45) is 3.35. The van der Waals surface area contributed by atoms with E-state index in [2.05, 4.69) is 0 Å². The second-order valence-electron chi connectivity index (χ2n) is 1.33. The minimum Gasteiger partial charge on any atom is -0.479 e. The lowest BCUT2D eigenvalue weighted by molar-refractivity contribution is 0.172. The van der Waals surface area contributed by atoms with Crippen LogP contribution >= 0.6 is 0 Å². The molecule has 0 spiro atoms. The number of hydrogen-bond donors (Lipinski definition) is 0. The second kappa shape index (κ2) is 1.84. The molecule has 0 saturated carbocycles. The van der Waals surface area contributed by atoms with Gasteiger partial charge in [-0.25, -0.2) is 5.73 Å². The van der Waals surface area contributed by atoms with Gasteiger partial charge in [0, 0.05) is 6.20 Å². The van der Waals surface area contributed by atoms with E-state index in [-0.39, 0.29) is 6.67 Å². The van der Waals surface area contributed by atoms with Crippen molar-refractivity contribution in [3.05, 3.63) is 12.5 Å². The normalized spacial score (nSPS) is 17.6. The molecule has 1 N–H and O–H groups in total. The van der Waals surface area contributed by atoms with E-state index >= 15 is 0 Å². The molecule has 1 rings (SSSR count). The highest BCUT2D eigenvalue weighted by atomic mass is 16.5. The molecule has 0 aromatic rings. The molecule has 0 unspecified atom stereocenters. The molecular weight excluding hydrogens is 92.1 g/mol. The van der Waals surface area contributed by atoms with E-state index < -0.39 is 0 Å². The van der Waals surface area contributed by atoms with Crippen LogP contribution in [0.5, 0.6) is 0 Å². The molecule has 0 atom stereocenters. The molecule has 1 aliphatic rings. The van der Waals surface area contributed by atoms with Crippen molar-refractivity contribution < 1.29 is 4.74 Å². The van der Waals surface area contributed by atoms with E-state index in [0.717, 1.165) is 0 Å². The van der Waals surface area contributed by atoms with Crippen LogP contribution in [-0.2, 0) is 4.74 Å². The van der Waals surface area contributed by atoms with Gasteiger partial charge in [-0.05, 0) is 0 Å². The third kappa shape index (κ3) is 0.838. The first-order valence-corrected chi connectivity index (χ1v) is 2.10. The van der Waals surface area contributed by atoms with Gasteiger partial charge in [0.05, 0.1) is 6.67 Å².